The van der Waals surface area contributed by atoms with Crippen LogP contribution in [-0.2, 0) is 25.0 Å². The molecule has 0 bridgehead atoms. The lowest BCUT2D eigenvalue weighted by Gasteiger charge is -2.44. The van der Waals surface area contributed by atoms with Gasteiger partial charge in [0.05, 0.1) is 18.0 Å². The fourth-order valence-electron chi connectivity index (χ4n) is 5.66. The first-order chi connectivity index (χ1) is 15.9. The Labute approximate surface area is 195 Å². The number of carbonyl (C=O) groups is 1. The molecule has 2 aromatic rings. The number of fused-ring (bicyclic) bond motifs is 2. The molecule has 1 heterocycles. The highest BCUT2D eigenvalue weighted by atomic mass is 32.2. The van der Waals surface area contributed by atoms with Gasteiger partial charge in [-0.05, 0) is 60.9 Å². The molecule has 3 aliphatic rings. The highest BCUT2D eigenvalue weighted by Crippen LogP contribution is 2.56. The number of esters is 1. The second kappa shape index (κ2) is 8.17. The van der Waals surface area contributed by atoms with E-state index in [2.05, 4.69) is 6.08 Å². The largest absolute Gasteiger partial charge is 0.468 e. The number of hydrogen-bond acceptors (Lipinski definition) is 4. The minimum Gasteiger partial charge on any atom is -0.468 e. The standard InChI is InChI=1S/C27H29NO4S/c1-19-12-14-23(15-13-19)33(30,31)28-18-21-17-27(26(29)32-2,22-9-4-3-5-10-22)24(21)16-20-8-6-7-11-25(20)28/h3-5,9-10,12-16,18,20,25H,6-8,11,17H2,1-2H3/t20-,25+,27+/m0/s1. The quantitative estimate of drug-likeness (QED) is 0.606. The Hall–Kier alpha value is -2.86. The molecule has 0 N–H and O–H groups in total. The van der Waals surface area contributed by atoms with Crippen LogP contribution in [0.5, 0.6) is 0 Å². The van der Waals surface area contributed by atoms with Crippen molar-refractivity contribution in [1.29, 1.82) is 0 Å². The monoisotopic (exact) mass is 463 g/mol. The average molecular weight is 464 g/mol. The number of aryl methyl sites for hydroxylation is 1. The SMILES string of the molecule is COC(=O)[C@@]1(c2ccccc2)CC2=CN(S(=O)(=O)c3ccc(C)cc3)[C@@H]3CCCC[C@H]3C=C21. The normalized spacial score (nSPS) is 26.7. The summed E-state index contributed by atoms with van der Waals surface area (Å²) < 4.78 is 34.4. The maximum absolute atomic E-state index is 13.8. The third-order valence-corrected chi connectivity index (χ3v) is 9.23. The number of carbonyl (C=O) groups excluding carboxylic acids is 1. The lowest BCUT2D eigenvalue weighted by atomic mass is 9.57. The third kappa shape index (κ3) is 3.43. The summed E-state index contributed by atoms with van der Waals surface area (Å²) in [5, 5.41) is 0. The predicted molar refractivity (Wildman–Crippen MR) is 127 cm³/mol. The second-order valence-electron chi connectivity index (χ2n) is 9.34. The summed E-state index contributed by atoms with van der Waals surface area (Å²) in [6, 6.07) is 16.6. The Balaban J connectivity index is 1.64. The molecule has 2 aromatic carbocycles. The maximum atomic E-state index is 13.8. The van der Waals surface area contributed by atoms with E-state index in [0.717, 1.165) is 48.0 Å². The van der Waals surface area contributed by atoms with Gasteiger partial charge in [-0.25, -0.2) is 8.42 Å². The van der Waals surface area contributed by atoms with Crippen molar-refractivity contribution in [3.63, 3.8) is 0 Å². The van der Waals surface area contributed by atoms with Crippen molar-refractivity contribution in [2.45, 2.75) is 55.4 Å². The van der Waals surface area contributed by atoms with E-state index in [1.165, 1.54) is 7.11 Å². The molecule has 172 valence electrons. The van der Waals surface area contributed by atoms with Gasteiger partial charge in [0, 0.05) is 6.20 Å². The van der Waals surface area contributed by atoms with Crippen molar-refractivity contribution < 1.29 is 17.9 Å². The number of ether oxygens (including phenoxy) is 1. The zero-order valence-corrected chi connectivity index (χ0v) is 19.8. The summed E-state index contributed by atoms with van der Waals surface area (Å²) in [4.78, 5) is 13.5. The van der Waals surface area contributed by atoms with Crippen LogP contribution in [0.2, 0.25) is 0 Å². The molecule has 3 atom stereocenters. The molecule has 0 radical (unpaired) electrons. The second-order valence-corrected chi connectivity index (χ2v) is 11.2. The molecule has 1 aliphatic heterocycles. The van der Waals surface area contributed by atoms with Gasteiger partial charge in [0.25, 0.3) is 10.0 Å². The minimum absolute atomic E-state index is 0.0516. The fraction of sp³-hybridized carbons (Fsp3) is 0.370. The van der Waals surface area contributed by atoms with E-state index in [1.807, 2.05) is 49.4 Å². The molecule has 33 heavy (non-hydrogen) atoms. The van der Waals surface area contributed by atoms with Crippen molar-refractivity contribution >= 4 is 16.0 Å². The Morgan fingerprint density at radius 3 is 2.42 bits per heavy atom. The van der Waals surface area contributed by atoms with Gasteiger partial charge in [0.2, 0.25) is 0 Å². The number of allylic oxidation sites excluding steroid dienone is 1. The van der Waals surface area contributed by atoms with Crippen molar-refractivity contribution in [2.75, 3.05) is 7.11 Å². The van der Waals surface area contributed by atoms with Crippen LogP contribution in [0.25, 0.3) is 0 Å². The molecule has 0 amide bonds. The molecule has 2 fully saturated rings. The number of hydrogen-bond donors (Lipinski definition) is 0. The summed E-state index contributed by atoms with van der Waals surface area (Å²) in [7, 11) is -2.30. The summed E-state index contributed by atoms with van der Waals surface area (Å²) in [6.07, 6.45) is 8.15. The van der Waals surface area contributed by atoms with Gasteiger partial charge >= 0.3 is 5.97 Å². The molecule has 2 aliphatic carbocycles. The summed E-state index contributed by atoms with van der Waals surface area (Å²) >= 11 is 0. The fourth-order valence-corrected chi connectivity index (χ4v) is 7.26. The van der Waals surface area contributed by atoms with Crippen LogP contribution < -0.4 is 0 Å². The van der Waals surface area contributed by atoms with Crippen LogP contribution in [-0.4, -0.2) is 31.8 Å². The van der Waals surface area contributed by atoms with E-state index in [-0.39, 0.29) is 17.9 Å². The topological polar surface area (TPSA) is 63.7 Å². The van der Waals surface area contributed by atoms with Gasteiger partial charge in [-0.3, -0.25) is 9.10 Å². The molecular formula is C27H29NO4S. The molecule has 2 saturated carbocycles. The number of rotatable bonds is 4. The van der Waals surface area contributed by atoms with E-state index in [9.17, 15) is 13.2 Å². The number of benzene rings is 2. The molecule has 0 saturated heterocycles. The van der Waals surface area contributed by atoms with Gasteiger partial charge < -0.3 is 4.74 Å². The molecule has 0 aromatic heterocycles. The van der Waals surface area contributed by atoms with Crippen LogP contribution >= 0.6 is 0 Å². The Kier molecular flexibility index (Phi) is 5.44. The molecule has 0 unspecified atom stereocenters. The van der Waals surface area contributed by atoms with Gasteiger partial charge in [0.1, 0.15) is 5.41 Å². The molecule has 5 nitrogen and oxygen atoms in total. The van der Waals surface area contributed by atoms with E-state index >= 15 is 0 Å². The van der Waals surface area contributed by atoms with E-state index in [1.54, 1.807) is 22.6 Å². The van der Waals surface area contributed by atoms with E-state index in [0.29, 0.717) is 11.3 Å². The number of nitrogens with zero attached hydrogens (tertiary/aromatic N) is 1. The third-order valence-electron chi connectivity index (χ3n) is 7.43. The van der Waals surface area contributed by atoms with Crippen molar-refractivity contribution in [1.82, 2.24) is 4.31 Å². The summed E-state index contributed by atoms with van der Waals surface area (Å²) in [5.74, 6) is -0.241. The van der Waals surface area contributed by atoms with E-state index < -0.39 is 15.4 Å². The van der Waals surface area contributed by atoms with Crippen LogP contribution in [0.4, 0.5) is 0 Å². The lowest BCUT2D eigenvalue weighted by Crippen LogP contribution is -2.47. The number of sulfonamides is 1. The van der Waals surface area contributed by atoms with Crippen LogP contribution in [0.15, 0.2) is 82.9 Å². The summed E-state index contributed by atoms with van der Waals surface area (Å²) in [6.45, 7) is 1.95. The maximum Gasteiger partial charge on any atom is 0.321 e. The predicted octanol–water partition coefficient (Wildman–Crippen LogP) is 4.88. The Morgan fingerprint density at radius 2 is 1.73 bits per heavy atom. The lowest BCUT2D eigenvalue weighted by molar-refractivity contribution is -0.147. The van der Waals surface area contributed by atoms with Crippen LogP contribution in [0.3, 0.4) is 0 Å². The zero-order valence-electron chi connectivity index (χ0n) is 19.0. The smallest absolute Gasteiger partial charge is 0.321 e. The molecule has 0 spiro atoms. The Morgan fingerprint density at radius 1 is 1.03 bits per heavy atom. The highest BCUT2D eigenvalue weighted by molar-refractivity contribution is 7.89. The first-order valence-corrected chi connectivity index (χ1v) is 13.0. The first kappa shape index (κ1) is 22.0. The Bertz CT molecular complexity index is 1230. The van der Waals surface area contributed by atoms with Crippen molar-refractivity contribution in [2.24, 2.45) is 5.92 Å². The van der Waals surface area contributed by atoms with Crippen molar-refractivity contribution in [3.05, 3.63) is 89.1 Å². The van der Waals surface area contributed by atoms with Crippen molar-refractivity contribution in [3.8, 4) is 0 Å². The van der Waals surface area contributed by atoms with Gasteiger partial charge in [-0.1, -0.05) is 66.9 Å². The number of methoxy groups -OCH3 is 1. The van der Waals surface area contributed by atoms with Crippen LogP contribution in [0.1, 0.15) is 43.2 Å². The minimum atomic E-state index is -3.72. The van der Waals surface area contributed by atoms with E-state index in [4.69, 9.17) is 4.74 Å². The van der Waals surface area contributed by atoms with Gasteiger partial charge in [-0.2, -0.15) is 0 Å². The van der Waals surface area contributed by atoms with Crippen LogP contribution in [0, 0.1) is 12.8 Å². The summed E-state index contributed by atoms with van der Waals surface area (Å²) in [5.41, 5.74) is 2.83. The average Bonchev–Trinajstić information content (AvgIpc) is 2.96. The first-order valence-electron chi connectivity index (χ1n) is 11.6. The molecule has 5 rings (SSSR count). The molecular weight excluding hydrogens is 434 g/mol. The zero-order chi connectivity index (χ0) is 23.2. The molecule has 6 heteroatoms. The van der Waals surface area contributed by atoms with Gasteiger partial charge in [0.15, 0.2) is 0 Å². The van der Waals surface area contributed by atoms with Gasteiger partial charge in [-0.15, -0.1) is 0 Å². The highest BCUT2D eigenvalue weighted by Gasteiger charge is 2.56.